The van der Waals surface area contributed by atoms with Crippen LogP contribution in [0.15, 0.2) is 28.9 Å². The SMILES string of the molecule is Cn1ccnc1Sc1ncnc(Cl)c1C=O. The van der Waals surface area contributed by atoms with E-state index in [1.54, 1.807) is 6.20 Å². The zero-order valence-electron chi connectivity index (χ0n) is 8.29. The minimum absolute atomic E-state index is 0.154. The fourth-order valence-corrected chi connectivity index (χ4v) is 2.16. The lowest BCUT2D eigenvalue weighted by Crippen LogP contribution is -1.96. The van der Waals surface area contributed by atoms with E-state index < -0.39 is 0 Å². The minimum atomic E-state index is 0.154. The largest absolute Gasteiger partial charge is 0.329 e. The van der Waals surface area contributed by atoms with Crippen LogP contribution in [0.25, 0.3) is 0 Å². The number of aldehydes is 1. The maximum atomic E-state index is 10.9. The van der Waals surface area contributed by atoms with Crippen LogP contribution < -0.4 is 0 Å². The highest BCUT2D eigenvalue weighted by molar-refractivity contribution is 7.99. The van der Waals surface area contributed by atoms with Gasteiger partial charge in [-0.05, 0) is 11.8 Å². The van der Waals surface area contributed by atoms with Crippen LogP contribution in [0, 0.1) is 0 Å². The molecule has 2 aromatic rings. The Labute approximate surface area is 101 Å². The summed E-state index contributed by atoms with van der Waals surface area (Å²) in [5.41, 5.74) is 0.289. The van der Waals surface area contributed by atoms with Crippen LogP contribution in [0.4, 0.5) is 0 Å². The molecule has 16 heavy (non-hydrogen) atoms. The summed E-state index contributed by atoms with van der Waals surface area (Å²) in [6, 6.07) is 0. The van der Waals surface area contributed by atoms with E-state index >= 15 is 0 Å². The topological polar surface area (TPSA) is 60.7 Å². The predicted molar refractivity (Wildman–Crippen MR) is 59.8 cm³/mol. The fourth-order valence-electron chi connectivity index (χ4n) is 1.08. The van der Waals surface area contributed by atoms with Crippen LogP contribution in [0.2, 0.25) is 5.15 Å². The first-order valence-corrected chi connectivity index (χ1v) is 5.52. The van der Waals surface area contributed by atoms with Gasteiger partial charge in [0.2, 0.25) is 0 Å². The van der Waals surface area contributed by atoms with E-state index in [1.165, 1.54) is 18.1 Å². The van der Waals surface area contributed by atoms with Gasteiger partial charge < -0.3 is 4.57 Å². The van der Waals surface area contributed by atoms with Crippen molar-refractivity contribution in [2.24, 2.45) is 7.05 Å². The Morgan fingerprint density at radius 1 is 1.44 bits per heavy atom. The smallest absolute Gasteiger partial charge is 0.174 e. The number of imidazole rings is 1. The second-order valence-corrected chi connectivity index (χ2v) is 4.24. The second kappa shape index (κ2) is 4.63. The van der Waals surface area contributed by atoms with Crippen molar-refractivity contribution < 1.29 is 4.79 Å². The number of hydrogen-bond acceptors (Lipinski definition) is 5. The molecular weight excluding hydrogens is 248 g/mol. The molecule has 0 aliphatic rings. The molecule has 0 saturated carbocycles. The molecule has 2 rings (SSSR count). The maximum absolute atomic E-state index is 10.9. The number of carbonyl (C=O) groups is 1. The van der Waals surface area contributed by atoms with E-state index in [0.717, 1.165) is 5.16 Å². The van der Waals surface area contributed by atoms with Gasteiger partial charge in [0.15, 0.2) is 11.4 Å². The van der Waals surface area contributed by atoms with Crippen LogP contribution in [0.3, 0.4) is 0 Å². The fraction of sp³-hybridized carbons (Fsp3) is 0.111. The first-order valence-electron chi connectivity index (χ1n) is 4.33. The molecule has 0 aliphatic carbocycles. The Morgan fingerprint density at radius 2 is 2.25 bits per heavy atom. The highest BCUT2D eigenvalue weighted by Crippen LogP contribution is 2.28. The molecule has 82 valence electrons. The normalized spacial score (nSPS) is 10.4. The number of rotatable bonds is 3. The summed E-state index contributed by atoms with van der Waals surface area (Å²) in [7, 11) is 1.86. The van der Waals surface area contributed by atoms with E-state index in [4.69, 9.17) is 11.6 Å². The third-order valence-electron chi connectivity index (χ3n) is 1.88. The molecule has 0 radical (unpaired) electrons. The number of halogens is 1. The molecule has 2 aromatic heterocycles. The molecular formula is C9H7ClN4OS. The standard InChI is InChI=1S/C9H7ClN4OS/c1-14-3-2-11-9(14)16-8-6(4-15)7(10)12-5-13-8/h2-5H,1H3. The number of nitrogens with zero attached hydrogens (tertiary/aromatic N) is 4. The average Bonchev–Trinajstić information content (AvgIpc) is 2.65. The summed E-state index contributed by atoms with van der Waals surface area (Å²) >= 11 is 7.06. The van der Waals surface area contributed by atoms with Crippen molar-refractivity contribution >= 4 is 29.6 Å². The van der Waals surface area contributed by atoms with Crippen LogP contribution in [-0.2, 0) is 7.05 Å². The predicted octanol–water partition coefficient (Wildman–Crippen LogP) is 1.83. The summed E-state index contributed by atoms with van der Waals surface area (Å²) in [5, 5.41) is 1.39. The van der Waals surface area contributed by atoms with Gasteiger partial charge in [0, 0.05) is 19.4 Å². The summed E-state index contributed by atoms with van der Waals surface area (Å²) < 4.78 is 1.83. The molecule has 0 aromatic carbocycles. The van der Waals surface area contributed by atoms with Crippen LogP contribution in [0.5, 0.6) is 0 Å². The molecule has 0 spiro atoms. The first kappa shape index (κ1) is 11.1. The molecule has 0 N–H and O–H groups in total. The summed E-state index contributed by atoms with van der Waals surface area (Å²) in [6.07, 6.45) is 5.45. The van der Waals surface area contributed by atoms with Crippen LogP contribution >= 0.6 is 23.4 Å². The Morgan fingerprint density at radius 3 is 2.88 bits per heavy atom. The van der Waals surface area contributed by atoms with Gasteiger partial charge in [0.25, 0.3) is 0 Å². The number of aryl methyl sites for hydroxylation is 1. The first-order chi connectivity index (χ1) is 7.72. The van der Waals surface area contributed by atoms with Crippen molar-refractivity contribution in [3.8, 4) is 0 Å². The van der Waals surface area contributed by atoms with E-state index in [1.807, 2.05) is 17.8 Å². The van der Waals surface area contributed by atoms with Crippen molar-refractivity contribution in [2.45, 2.75) is 10.2 Å². The quantitative estimate of drug-likeness (QED) is 0.618. The van der Waals surface area contributed by atoms with Gasteiger partial charge in [0.05, 0.1) is 5.56 Å². The number of aromatic nitrogens is 4. The highest BCUT2D eigenvalue weighted by Gasteiger charge is 2.12. The Bertz CT molecular complexity index is 528. The molecule has 2 heterocycles. The van der Waals surface area contributed by atoms with Gasteiger partial charge in [-0.3, -0.25) is 4.79 Å². The van der Waals surface area contributed by atoms with Crippen molar-refractivity contribution in [1.29, 1.82) is 0 Å². The number of carbonyl (C=O) groups excluding carboxylic acids is 1. The molecule has 0 amide bonds. The summed E-state index contributed by atoms with van der Waals surface area (Å²) in [5.74, 6) is 0. The van der Waals surface area contributed by atoms with Gasteiger partial charge >= 0.3 is 0 Å². The molecule has 5 nitrogen and oxygen atoms in total. The molecule has 0 unspecified atom stereocenters. The molecule has 0 atom stereocenters. The van der Waals surface area contributed by atoms with Gasteiger partial charge in [-0.25, -0.2) is 15.0 Å². The average molecular weight is 255 g/mol. The maximum Gasteiger partial charge on any atom is 0.174 e. The molecule has 0 fully saturated rings. The second-order valence-electron chi connectivity index (χ2n) is 2.92. The van der Waals surface area contributed by atoms with Crippen molar-refractivity contribution in [3.05, 3.63) is 29.4 Å². The van der Waals surface area contributed by atoms with Crippen molar-refractivity contribution in [2.75, 3.05) is 0 Å². The zero-order valence-corrected chi connectivity index (χ0v) is 9.87. The van der Waals surface area contributed by atoms with Gasteiger partial charge in [-0.1, -0.05) is 11.6 Å². The zero-order chi connectivity index (χ0) is 11.5. The molecule has 7 heteroatoms. The van der Waals surface area contributed by atoms with Gasteiger partial charge in [-0.2, -0.15) is 0 Å². The van der Waals surface area contributed by atoms with Gasteiger partial charge in [-0.15, -0.1) is 0 Å². The molecule has 0 aliphatic heterocycles. The Hall–Kier alpha value is -1.40. The van der Waals surface area contributed by atoms with Crippen molar-refractivity contribution in [3.63, 3.8) is 0 Å². The third kappa shape index (κ3) is 2.07. The third-order valence-corrected chi connectivity index (χ3v) is 3.28. The minimum Gasteiger partial charge on any atom is -0.329 e. The monoisotopic (exact) mass is 254 g/mol. The van der Waals surface area contributed by atoms with E-state index in [-0.39, 0.29) is 10.7 Å². The lowest BCUT2D eigenvalue weighted by molar-refractivity contribution is 0.112. The Balaban J connectivity index is 2.38. The van der Waals surface area contributed by atoms with Crippen LogP contribution in [-0.4, -0.2) is 25.8 Å². The lowest BCUT2D eigenvalue weighted by Gasteiger charge is -2.03. The molecule has 0 saturated heterocycles. The van der Waals surface area contributed by atoms with E-state index in [9.17, 15) is 4.79 Å². The summed E-state index contributed by atoms with van der Waals surface area (Å²) in [4.78, 5) is 22.7. The van der Waals surface area contributed by atoms with Gasteiger partial charge in [0.1, 0.15) is 16.5 Å². The molecule has 0 bridgehead atoms. The van der Waals surface area contributed by atoms with Crippen LogP contribution in [0.1, 0.15) is 10.4 Å². The van der Waals surface area contributed by atoms with E-state index in [2.05, 4.69) is 15.0 Å². The Kier molecular flexibility index (Phi) is 3.21. The summed E-state index contributed by atoms with van der Waals surface area (Å²) in [6.45, 7) is 0. The lowest BCUT2D eigenvalue weighted by atomic mass is 10.4. The number of hydrogen-bond donors (Lipinski definition) is 0. The van der Waals surface area contributed by atoms with Crippen molar-refractivity contribution in [1.82, 2.24) is 19.5 Å². The van der Waals surface area contributed by atoms with E-state index in [0.29, 0.717) is 11.3 Å². The highest BCUT2D eigenvalue weighted by atomic mass is 35.5.